The van der Waals surface area contributed by atoms with Crippen molar-refractivity contribution in [1.29, 1.82) is 0 Å². The van der Waals surface area contributed by atoms with E-state index in [1.54, 1.807) is 0 Å². The molecule has 1 aromatic carbocycles. The van der Waals surface area contributed by atoms with Crippen LogP contribution in [0.1, 0.15) is 0 Å². The Bertz CT molecular complexity index is 518. The molecule has 1 aliphatic rings. The van der Waals surface area contributed by atoms with E-state index < -0.39 is 29.7 Å². The van der Waals surface area contributed by atoms with Crippen LogP contribution in [-0.2, 0) is 9.53 Å². The van der Waals surface area contributed by atoms with Crippen molar-refractivity contribution in [3.8, 4) is 0 Å². The number of morpholine rings is 1. The number of hydrogen-bond donors (Lipinski definition) is 2. The highest BCUT2D eigenvalue weighted by molar-refractivity contribution is 5.92. The number of benzene rings is 1. The number of anilines is 1. The Morgan fingerprint density at radius 3 is 2.55 bits per heavy atom. The highest BCUT2D eigenvalue weighted by atomic mass is 19.1. The lowest BCUT2D eigenvalue weighted by Gasteiger charge is -2.32. The molecule has 1 aliphatic heterocycles. The number of nitrogens with zero attached hydrogens (tertiary/aromatic N) is 1. The number of hydrogen-bond acceptors (Lipinski definition) is 3. The van der Waals surface area contributed by atoms with Crippen molar-refractivity contribution in [2.45, 2.75) is 6.04 Å². The van der Waals surface area contributed by atoms with Gasteiger partial charge >= 0.3 is 12.0 Å². The van der Waals surface area contributed by atoms with E-state index >= 15 is 0 Å². The van der Waals surface area contributed by atoms with Gasteiger partial charge in [0.25, 0.3) is 0 Å². The lowest BCUT2D eigenvalue weighted by atomic mass is 10.2. The zero-order chi connectivity index (χ0) is 14.7. The number of amides is 2. The SMILES string of the molecule is O=C(O)C1COCCN1C(=O)Nc1cc(F)cc(F)c1. The maximum Gasteiger partial charge on any atom is 0.328 e. The molecular weight excluding hydrogens is 274 g/mol. The van der Waals surface area contributed by atoms with E-state index in [1.165, 1.54) is 0 Å². The summed E-state index contributed by atoms with van der Waals surface area (Å²) in [5, 5.41) is 11.3. The van der Waals surface area contributed by atoms with Crippen molar-refractivity contribution < 1.29 is 28.2 Å². The van der Waals surface area contributed by atoms with Crippen LogP contribution in [0.15, 0.2) is 18.2 Å². The molecule has 0 radical (unpaired) electrons. The minimum atomic E-state index is -1.20. The molecule has 1 fully saturated rings. The number of halogens is 2. The molecule has 0 aromatic heterocycles. The summed E-state index contributed by atoms with van der Waals surface area (Å²) in [5.41, 5.74) is -0.0804. The number of rotatable bonds is 2. The molecule has 1 saturated heterocycles. The molecule has 1 heterocycles. The first-order valence-corrected chi connectivity index (χ1v) is 5.81. The third-order valence-electron chi connectivity index (χ3n) is 2.79. The van der Waals surface area contributed by atoms with Crippen LogP contribution in [0.2, 0.25) is 0 Å². The van der Waals surface area contributed by atoms with E-state index in [-0.39, 0.29) is 25.4 Å². The number of ether oxygens (including phenoxy) is 1. The standard InChI is InChI=1S/C12H12F2N2O4/c13-7-3-8(14)5-9(4-7)15-12(19)16-1-2-20-6-10(16)11(17)18/h3-5,10H,1-2,6H2,(H,15,19)(H,17,18). The van der Waals surface area contributed by atoms with Gasteiger partial charge in [0.15, 0.2) is 6.04 Å². The molecule has 2 amide bonds. The highest BCUT2D eigenvalue weighted by Gasteiger charge is 2.32. The molecular formula is C12H12F2N2O4. The summed E-state index contributed by atoms with van der Waals surface area (Å²) in [6.45, 7) is 0.162. The molecule has 0 saturated carbocycles. The van der Waals surface area contributed by atoms with Gasteiger partial charge in [0.2, 0.25) is 0 Å². The Morgan fingerprint density at radius 2 is 1.95 bits per heavy atom. The van der Waals surface area contributed by atoms with E-state index in [1.807, 2.05) is 0 Å². The third kappa shape index (κ3) is 3.21. The number of aliphatic carboxylic acids is 1. The smallest absolute Gasteiger partial charge is 0.328 e. The summed E-state index contributed by atoms with van der Waals surface area (Å²) in [5.74, 6) is -2.88. The van der Waals surface area contributed by atoms with Gasteiger partial charge in [-0.1, -0.05) is 0 Å². The minimum Gasteiger partial charge on any atom is -0.480 e. The Balaban J connectivity index is 2.11. The second-order valence-corrected chi connectivity index (χ2v) is 4.21. The molecule has 20 heavy (non-hydrogen) atoms. The summed E-state index contributed by atoms with van der Waals surface area (Å²) in [6, 6.07) is 0.687. The van der Waals surface area contributed by atoms with E-state index in [0.717, 1.165) is 17.0 Å². The number of carboxylic acid groups (broad SMARTS) is 1. The summed E-state index contributed by atoms with van der Waals surface area (Å²) in [7, 11) is 0. The van der Waals surface area contributed by atoms with Crippen LogP contribution < -0.4 is 5.32 Å². The van der Waals surface area contributed by atoms with Crippen molar-refractivity contribution >= 4 is 17.7 Å². The summed E-state index contributed by atoms with van der Waals surface area (Å²) >= 11 is 0. The second kappa shape index (κ2) is 5.83. The molecule has 2 rings (SSSR count). The Labute approximate surface area is 112 Å². The van der Waals surface area contributed by atoms with Crippen molar-refractivity contribution in [2.24, 2.45) is 0 Å². The lowest BCUT2D eigenvalue weighted by molar-refractivity contribution is -0.147. The Hall–Kier alpha value is -2.22. The van der Waals surface area contributed by atoms with Gasteiger partial charge in [-0.05, 0) is 12.1 Å². The molecule has 6 nitrogen and oxygen atoms in total. The number of carbonyl (C=O) groups excluding carboxylic acids is 1. The van der Waals surface area contributed by atoms with Gasteiger partial charge < -0.3 is 20.1 Å². The van der Waals surface area contributed by atoms with E-state index in [0.29, 0.717) is 6.07 Å². The van der Waals surface area contributed by atoms with Gasteiger partial charge in [-0.2, -0.15) is 0 Å². The maximum atomic E-state index is 13.0. The molecule has 108 valence electrons. The van der Waals surface area contributed by atoms with E-state index in [9.17, 15) is 18.4 Å². The Kier molecular flexibility index (Phi) is 4.14. The molecule has 1 unspecified atom stereocenters. The molecule has 1 aromatic rings. The fourth-order valence-corrected chi connectivity index (χ4v) is 1.87. The van der Waals surface area contributed by atoms with Crippen LogP contribution in [0.3, 0.4) is 0 Å². The average molecular weight is 286 g/mol. The van der Waals surface area contributed by atoms with Crippen molar-refractivity contribution in [2.75, 3.05) is 25.1 Å². The largest absolute Gasteiger partial charge is 0.480 e. The molecule has 0 spiro atoms. The average Bonchev–Trinajstić information content (AvgIpc) is 2.37. The summed E-state index contributed by atoms with van der Waals surface area (Å²) in [6.07, 6.45) is 0. The van der Waals surface area contributed by atoms with Crippen molar-refractivity contribution in [3.05, 3.63) is 29.8 Å². The normalized spacial score (nSPS) is 18.7. The highest BCUT2D eigenvalue weighted by Crippen LogP contribution is 2.15. The maximum absolute atomic E-state index is 13.0. The number of carbonyl (C=O) groups is 2. The fourth-order valence-electron chi connectivity index (χ4n) is 1.87. The van der Waals surface area contributed by atoms with Gasteiger partial charge in [0, 0.05) is 18.3 Å². The quantitative estimate of drug-likeness (QED) is 0.858. The van der Waals surface area contributed by atoms with Gasteiger partial charge in [0.05, 0.1) is 13.2 Å². The molecule has 8 heteroatoms. The fraction of sp³-hybridized carbons (Fsp3) is 0.333. The predicted octanol–water partition coefficient (Wildman–Crippen LogP) is 1.28. The van der Waals surface area contributed by atoms with Gasteiger partial charge in [-0.25, -0.2) is 18.4 Å². The first-order valence-electron chi connectivity index (χ1n) is 5.81. The number of urea groups is 1. The van der Waals surface area contributed by atoms with Crippen LogP contribution in [0.25, 0.3) is 0 Å². The zero-order valence-corrected chi connectivity index (χ0v) is 10.3. The second-order valence-electron chi connectivity index (χ2n) is 4.21. The monoisotopic (exact) mass is 286 g/mol. The molecule has 1 atom stereocenters. The van der Waals surface area contributed by atoms with Crippen LogP contribution in [0.5, 0.6) is 0 Å². The van der Waals surface area contributed by atoms with Crippen molar-refractivity contribution in [1.82, 2.24) is 4.90 Å². The van der Waals surface area contributed by atoms with Crippen LogP contribution in [0.4, 0.5) is 19.3 Å². The van der Waals surface area contributed by atoms with E-state index in [4.69, 9.17) is 9.84 Å². The molecule has 0 bridgehead atoms. The lowest BCUT2D eigenvalue weighted by Crippen LogP contribution is -2.53. The topological polar surface area (TPSA) is 78.9 Å². The molecule has 0 aliphatic carbocycles. The van der Waals surface area contributed by atoms with Crippen LogP contribution >= 0.6 is 0 Å². The van der Waals surface area contributed by atoms with E-state index in [2.05, 4.69) is 5.32 Å². The third-order valence-corrected chi connectivity index (χ3v) is 2.79. The zero-order valence-electron chi connectivity index (χ0n) is 10.3. The summed E-state index contributed by atoms with van der Waals surface area (Å²) < 4.78 is 31.0. The van der Waals surface area contributed by atoms with Crippen LogP contribution in [0, 0.1) is 11.6 Å². The van der Waals surface area contributed by atoms with Crippen LogP contribution in [-0.4, -0.2) is 47.8 Å². The first kappa shape index (κ1) is 14.2. The Morgan fingerprint density at radius 1 is 1.30 bits per heavy atom. The predicted molar refractivity (Wildman–Crippen MR) is 64.3 cm³/mol. The van der Waals surface area contributed by atoms with Gasteiger partial charge in [-0.15, -0.1) is 0 Å². The molecule has 2 N–H and O–H groups in total. The number of nitrogens with one attached hydrogen (secondary N) is 1. The number of carboxylic acids is 1. The first-order chi connectivity index (χ1) is 9.47. The van der Waals surface area contributed by atoms with Crippen molar-refractivity contribution in [3.63, 3.8) is 0 Å². The minimum absolute atomic E-state index is 0.0804. The summed E-state index contributed by atoms with van der Waals surface area (Å²) in [4.78, 5) is 24.0. The van der Waals surface area contributed by atoms with Gasteiger partial charge in [0.1, 0.15) is 11.6 Å². The van der Waals surface area contributed by atoms with Gasteiger partial charge in [-0.3, -0.25) is 0 Å².